The number of pyridine rings is 1. The molecule has 3 heterocycles. The van der Waals surface area contributed by atoms with Crippen molar-refractivity contribution >= 4 is 17.2 Å². The molecular formula is C21H20ClF3N2O3. The number of alkyl halides is 3. The van der Waals surface area contributed by atoms with E-state index in [1.54, 1.807) is 60.8 Å². The summed E-state index contributed by atoms with van der Waals surface area (Å²) >= 11 is 6.31. The molecule has 0 spiro atoms. The number of benzene rings is 1. The van der Waals surface area contributed by atoms with Crippen LogP contribution in [0, 0.1) is 6.92 Å². The highest BCUT2D eigenvalue weighted by Gasteiger charge is 2.52. The number of aliphatic hydroxyl groups is 1. The lowest BCUT2D eigenvalue weighted by molar-refractivity contribution is -0.244. The predicted octanol–water partition coefficient (Wildman–Crippen LogP) is 4.97. The van der Waals surface area contributed by atoms with Gasteiger partial charge in [-0.05, 0) is 25.0 Å². The molecule has 4 rings (SSSR count). The minimum Gasteiger partial charge on any atom is -0.479 e. The average molecular weight is 441 g/mol. The Morgan fingerprint density at radius 1 is 1.27 bits per heavy atom. The first-order valence-corrected chi connectivity index (χ1v) is 9.83. The van der Waals surface area contributed by atoms with Crippen molar-refractivity contribution in [3.8, 4) is 5.75 Å². The molecule has 0 amide bonds. The summed E-state index contributed by atoms with van der Waals surface area (Å²) in [6, 6.07) is 10.4. The molecule has 0 aliphatic carbocycles. The number of aliphatic hydroxyl groups excluding tert-OH is 1. The van der Waals surface area contributed by atoms with Gasteiger partial charge in [-0.15, -0.1) is 0 Å². The number of imidazole rings is 1. The molecule has 0 fully saturated rings. The van der Waals surface area contributed by atoms with E-state index in [-0.39, 0.29) is 12.2 Å². The van der Waals surface area contributed by atoms with Gasteiger partial charge in [0.1, 0.15) is 23.5 Å². The van der Waals surface area contributed by atoms with E-state index >= 15 is 0 Å². The van der Waals surface area contributed by atoms with Crippen molar-refractivity contribution in [2.45, 2.75) is 44.3 Å². The Morgan fingerprint density at radius 3 is 2.60 bits per heavy atom. The Hall–Kier alpha value is -2.29. The maximum Gasteiger partial charge on any atom is 0.411 e. The summed E-state index contributed by atoms with van der Waals surface area (Å²) in [6.07, 6.45) is -5.20. The molecule has 2 aromatic heterocycles. The first-order chi connectivity index (χ1) is 14.2. The van der Waals surface area contributed by atoms with E-state index < -0.39 is 30.6 Å². The number of aromatic nitrogens is 2. The van der Waals surface area contributed by atoms with Crippen LogP contribution >= 0.6 is 11.6 Å². The van der Waals surface area contributed by atoms with Crippen molar-refractivity contribution in [2.75, 3.05) is 6.61 Å². The number of aryl methyl sites for hydroxylation is 1. The van der Waals surface area contributed by atoms with Gasteiger partial charge in [0.05, 0.1) is 5.69 Å². The number of halogens is 4. The highest BCUT2D eigenvalue weighted by Crippen LogP contribution is 2.50. The van der Waals surface area contributed by atoms with Gasteiger partial charge < -0.3 is 14.6 Å². The van der Waals surface area contributed by atoms with Gasteiger partial charge in [0.2, 0.25) is 0 Å². The van der Waals surface area contributed by atoms with Crippen LogP contribution in [0.4, 0.5) is 13.2 Å². The molecule has 1 aliphatic rings. The topological polar surface area (TPSA) is 56.0 Å². The van der Waals surface area contributed by atoms with E-state index in [2.05, 4.69) is 4.98 Å². The smallest absolute Gasteiger partial charge is 0.411 e. The van der Waals surface area contributed by atoms with Gasteiger partial charge in [-0.1, -0.05) is 48.9 Å². The predicted molar refractivity (Wildman–Crippen MR) is 105 cm³/mol. The van der Waals surface area contributed by atoms with Crippen molar-refractivity contribution in [3.05, 3.63) is 64.6 Å². The SMILES string of the molecule is CCC1(OCC(F)(F)F)c2ccn3c(Cl)c(C)nc3c2O[C@H](c2ccccc2)C1O. The van der Waals surface area contributed by atoms with Crippen molar-refractivity contribution in [1.82, 2.24) is 9.38 Å². The molecular weight excluding hydrogens is 421 g/mol. The summed E-state index contributed by atoms with van der Waals surface area (Å²) in [5.74, 6) is 0.246. The van der Waals surface area contributed by atoms with Crippen LogP contribution in [0.1, 0.15) is 36.3 Å². The lowest BCUT2D eigenvalue weighted by Crippen LogP contribution is -2.51. The van der Waals surface area contributed by atoms with Crippen molar-refractivity contribution in [2.24, 2.45) is 0 Å². The normalized spacial score (nSPS) is 24.0. The van der Waals surface area contributed by atoms with Gasteiger partial charge >= 0.3 is 6.18 Å². The molecule has 3 aromatic rings. The Labute approximate surface area is 176 Å². The van der Waals surface area contributed by atoms with Crippen LogP contribution in [0.2, 0.25) is 5.15 Å². The fourth-order valence-electron chi connectivity index (χ4n) is 3.98. The molecule has 160 valence electrons. The lowest BCUT2D eigenvalue weighted by Gasteiger charge is -2.45. The molecule has 3 atom stereocenters. The molecule has 9 heteroatoms. The van der Waals surface area contributed by atoms with Crippen molar-refractivity contribution < 1.29 is 27.8 Å². The fourth-order valence-corrected chi connectivity index (χ4v) is 4.16. The number of fused-ring (bicyclic) bond motifs is 3. The summed E-state index contributed by atoms with van der Waals surface area (Å²) in [5, 5.41) is 11.6. The number of rotatable bonds is 4. The second kappa shape index (κ2) is 7.44. The third kappa shape index (κ3) is 3.33. The summed E-state index contributed by atoms with van der Waals surface area (Å²) in [6.45, 7) is 1.89. The molecule has 1 N–H and O–H groups in total. The zero-order valence-corrected chi connectivity index (χ0v) is 17.0. The third-order valence-corrected chi connectivity index (χ3v) is 5.92. The van der Waals surface area contributed by atoms with E-state index in [0.717, 1.165) is 0 Å². The summed E-state index contributed by atoms with van der Waals surface area (Å²) in [5.41, 5.74) is 0.187. The van der Waals surface area contributed by atoms with Gasteiger partial charge in [-0.2, -0.15) is 13.2 Å². The lowest BCUT2D eigenvalue weighted by atomic mass is 9.79. The highest BCUT2D eigenvalue weighted by molar-refractivity contribution is 6.30. The minimum atomic E-state index is -4.56. The summed E-state index contributed by atoms with van der Waals surface area (Å²) in [4.78, 5) is 4.43. The van der Waals surface area contributed by atoms with Crippen molar-refractivity contribution in [3.63, 3.8) is 0 Å². The zero-order valence-electron chi connectivity index (χ0n) is 16.3. The second-order valence-electron chi connectivity index (χ2n) is 7.28. The van der Waals surface area contributed by atoms with E-state index in [0.29, 0.717) is 27.6 Å². The maximum absolute atomic E-state index is 13.1. The zero-order chi connectivity index (χ0) is 21.7. The molecule has 1 aliphatic heterocycles. The van der Waals surface area contributed by atoms with E-state index in [1.807, 2.05) is 0 Å². The van der Waals surface area contributed by atoms with Gasteiger partial charge in [0.15, 0.2) is 17.5 Å². The number of nitrogens with zero attached hydrogens (tertiary/aromatic N) is 2. The first kappa shape index (κ1) is 21.0. The standard InChI is InChI=1S/C21H20ClF3N2O3/c1-3-20(29-11-21(23,24)25)14-9-10-27-18(22)12(2)26-19(27)16(14)30-15(17(20)28)13-7-5-4-6-8-13/h4-10,15,17,28H,3,11H2,1-2H3/t15-,17?,20?/m1/s1. The van der Waals surface area contributed by atoms with Gasteiger partial charge in [-0.3, -0.25) is 4.40 Å². The average Bonchev–Trinajstić information content (AvgIpc) is 3.01. The molecule has 30 heavy (non-hydrogen) atoms. The van der Waals surface area contributed by atoms with Crippen LogP contribution in [0.25, 0.3) is 5.65 Å². The quantitative estimate of drug-likeness (QED) is 0.622. The van der Waals surface area contributed by atoms with Crippen LogP contribution in [0.15, 0.2) is 42.6 Å². The van der Waals surface area contributed by atoms with Crippen molar-refractivity contribution in [1.29, 1.82) is 0 Å². The number of hydrogen-bond donors (Lipinski definition) is 1. The summed E-state index contributed by atoms with van der Waals surface area (Å²) < 4.78 is 52.4. The third-order valence-electron chi connectivity index (χ3n) is 5.46. The molecule has 5 nitrogen and oxygen atoms in total. The first-order valence-electron chi connectivity index (χ1n) is 9.46. The number of hydrogen-bond acceptors (Lipinski definition) is 4. The van der Waals surface area contributed by atoms with Crippen LogP contribution in [0.3, 0.4) is 0 Å². The maximum atomic E-state index is 13.1. The Balaban J connectivity index is 1.94. The Bertz CT molecular complexity index is 1070. The molecule has 2 unspecified atom stereocenters. The Morgan fingerprint density at radius 2 is 1.97 bits per heavy atom. The second-order valence-corrected chi connectivity index (χ2v) is 7.64. The monoisotopic (exact) mass is 440 g/mol. The highest BCUT2D eigenvalue weighted by atomic mass is 35.5. The van der Waals surface area contributed by atoms with Crippen LogP contribution in [-0.4, -0.2) is 33.4 Å². The molecule has 0 radical (unpaired) electrons. The fraction of sp³-hybridized carbons (Fsp3) is 0.381. The van der Waals surface area contributed by atoms with Gasteiger partial charge in [0, 0.05) is 11.8 Å². The summed E-state index contributed by atoms with van der Waals surface area (Å²) in [7, 11) is 0. The minimum absolute atomic E-state index is 0.0908. The van der Waals surface area contributed by atoms with Gasteiger partial charge in [0.25, 0.3) is 0 Å². The molecule has 0 saturated heterocycles. The molecule has 0 bridgehead atoms. The van der Waals surface area contributed by atoms with Gasteiger partial charge in [-0.25, -0.2) is 4.98 Å². The van der Waals surface area contributed by atoms with Crippen LogP contribution < -0.4 is 4.74 Å². The van der Waals surface area contributed by atoms with E-state index in [9.17, 15) is 18.3 Å². The Kier molecular flexibility index (Phi) is 5.20. The van der Waals surface area contributed by atoms with E-state index in [4.69, 9.17) is 21.1 Å². The molecule has 0 saturated carbocycles. The van der Waals surface area contributed by atoms with E-state index in [1.165, 1.54) is 0 Å². The largest absolute Gasteiger partial charge is 0.479 e. The number of ether oxygens (including phenoxy) is 2. The molecule has 1 aromatic carbocycles. The van der Waals surface area contributed by atoms with Crippen LogP contribution in [-0.2, 0) is 10.3 Å². The van der Waals surface area contributed by atoms with Crippen LogP contribution in [0.5, 0.6) is 5.75 Å².